The van der Waals surface area contributed by atoms with Gasteiger partial charge in [0.2, 0.25) is 11.5 Å². The third kappa shape index (κ3) is 4.39. The van der Waals surface area contributed by atoms with Gasteiger partial charge in [0, 0.05) is 38.0 Å². The van der Waals surface area contributed by atoms with E-state index in [2.05, 4.69) is 9.97 Å². The fraction of sp³-hybridized carbons (Fsp3) is 0.522. The number of hydrogen-bond acceptors (Lipinski definition) is 4. The maximum Gasteiger partial charge on any atom is 0.257 e. The van der Waals surface area contributed by atoms with Crippen LogP contribution in [0.4, 0.5) is 8.78 Å². The number of nitrogens with two attached hydrogens (primary N) is 1. The van der Waals surface area contributed by atoms with Gasteiger partial charge in [-0.1, -0.05) is 25.0 Å². The number of piperidine rings is 1. The van der Waals surface area contributed by atoms with E-state index in [1.54, 1.807) is 24.1 Å². The summed E-state index contributed by atoms with van der Waals surface area (Å²) in [6.07, 6.45) is 7.32. The molecule has 3 heterocycles. The van der Waals surface area contributed by atoms with Gasteiger partial charge in [-0.25, -0.2) is 8.78 Å². The number of rotatable bonds is 7. The van der Waals surface area contributed by atoms with E-state index >= 15 is 0 Å². The van der Waals surface area contributed by atoms with Crippen molar-refractivity contribution >= 4 is 5.91 Å². The summed E-state index contributed by atoms with van der Waals surface area (Å²) in [6, 6.07) is 6.38. The van der Waals surface area contributed by atoms with E-state index in [-0.39, 0.29) is 18.6 Å². The van der Waals surface area contributed by atoms with Gasteiger partial charge < -0.3 is 10.7 Å². The van der Waals surface area contributed by atoms with E-state index in [0.717, 1.165) is 24.3 Å². The van der Waals surface area contributed by atoms with Crippen molar-refractivity contribution in [1.82, 2.24) is 14.9 Å². The Hall–Kier alpha value is -2.61. The number of primary amides is 1. The minimum Gasteiger partial charge on any atom is -0.368 e. The molecule has 0 spiro atoms. The van der Waals surface area contributed by atoms with Crippen molar-refractivity contribution < 1.29 is 13.6 Å². The number of halogens is 2. The molecule has 2 fully saturated rings. The maximum absolute atomic E-state index is 14.8. The molecule has 4 rings (SSSR count). The normalized spacial score (nSPS) is 23.3. The number of likely N-dealkylation sites (tertiary alicyclic amines) is 1. The molecule has 1 unspecified atom stereocenters. The van der Waals surface area contributed by atoms with Crippen molar-refractivity contribution in [2.24, 2.45) is 11.7 Å². The van der Waals surface area contributed by atoms with Crippen LogP contribution in [0, 0.1) is 5.92 Å². The number of H-pyrrole nitrogens is 1. The molecule has 166 valence electrons. The first-order valence-electron chi connectivity index (χ1n) is 10.8. The molecule has 2 aliphatic rings. The number of pyridine rings is 2. The fourth-order valence-electron chi connectivity index (χ4n) is 4.38. The molecule has 0 radical (unpaired) electrons. The zero-order valence-corrected chi connectivity index (χ0v) is 17.6. The van der Waals surface area contributed by atoms with Crippen LogP contribution in [0.2, 0.25) is 0 Å². The van der Waals surface area contributed by atoms with Crippen LogP contribution < -0.4 is 11.3 Å². The van der Waals surface area contributed by atoms with Crippen molar-refractivity contribution in [3.8, 4) is 0 Å². The van der Waals surface area contributed by atoms with Gasteiger partial charge in [0.1, 0.15) is 5.54 Å². The smallest absolute Gasteiger partial charge is 0.257 e. The van der Waals surface area contributed by atoms with Gasteiger partial charge >= 0.3 is 0 Å². The molecule has 2 atom stereocenters. The molecule has 1 aliphatic heterocycles. The Labute approximate surface area is 179 Å². The number of carbonyl (C=O) groups is 1. The highest BCUT2D eigenvalue weighted by Crippen LogP contribution is 2.43. The number of amides is 1. The highest BCUT2D eigenvalue weighted by Gasteiger charge is 2.51. The molecule has 8 heteroatoms. The van der Waals surface area contributed by atoms with E-state index in [4.69, 9.17) is 5.73 Å². The van der Waals surface area contributed by atoms with Gasteiger partial charge in [0.05, 0.1) is 11.6 Å². The molecule has 1 saturated carbocycles. The highest BCUT2D eigenvalue weighted by atomic mass is 19.3. The Kier molecular flexibility index (Phi) is 5.68. The number of aryl methyl sites for hydroxylation is 1. The largest absolute Gasteiger partial charge is 0.368 e. The van der Waals surface area contributed by atoms with E-state index in [1.165, 1.54) is 31.2 Å². The quantitative estimate of drug-likeness (QED) is 0.707. The fourth-order valence-corrected chi connectivity index (χ4v) is 4.38. The molecule has 0 aromatic carbocycles. The van der Waals surface area contributed by atoms with Crippen LogP contribution in [0.3, 0.4) is 0 Å². The summed E-state index contributed by atoms with van der Waals surface area (Å²) in [5.74, 6) is -3.95. The average Bonchev–Trinajstić information content (AvgIpc) is 3.57. The van der Waals surface area contributed by atoms with Crippen molar-refractivity contribution in [1.29, 1.82) is 0 Å². The van der Waals surface area contributed by atoms with E-state index < -0.39 is 29.7 Å². The molecule has 6 nitrogen and oxygen atoms in total. The molecule has 31 heavy (non-hydrogen) atoms. The average molecular weight is 430 g/mol. The number of aromatic amines is 1. The van der Waals surface area contributed by atoms with Crippen molar-refractivity contribution in [3.05, 3.63) is 63.8 Å². The van der Waals surface area contributed by atoms with Crippen LogP contribution in [-0.4, -0.2) is 39.8 Å². The summed E-state index contributed by atoms with van der Waals surface area (Å²) in [4.78, 5) is 32.6. The summed E-state index contributed by atoms with van der Waals surface area (Å²) in [5, 5.41) is 0. The lowest BCUT2D eigenvalue weighted by atomic mass is 9.83. The number of nitrogens with zero attached hydrogens (tertiary/aromatic N) is 2. The third-order valence-corrected chi connectivity index (χ3v) is 6.81. The van der Waals surface area contributed by atoms with Crippen LogP contribution in [0.15, 0.2) is 41.5 Å². The number of aromatic nitrogens is 2. The van der Waals surface area contributed by atoms with Gasteiger partial charge in [-0.15, -0.1) is 0 Å². The van der Waals surface area contributed by atoms with Gasteiger partial charge in [0.25, 0.3) is 5.92 Å². The molecule has 1 saturated heterocycles. The first-order chi connectivity index (χ1) is 14.7. The number of carbonyl (C=O) groups excluding carboxylic acids is 1. The SMILES string of the molecule is CC(C(N)=O)(c1ccc(CCC2CC2)cn1)N1CCC(F)(F)[C@@H](c2ccc(=O)[nH]c2)C1. The minimum atomic E-state index is -2.96. The lowest BCUT2D eigenvalue weighted by molar-refractivity contribution is -0.139. The first-order valence-corrected chi connectivity index (χ1v) is 10.8. The molecule has 2 aromatic rings. The second-order valence-electron chi connectivity index (χ2n) is 8.97. The monoisotopic (exact) mass is 430 g/mol. The van der Waals surface area contributed by atoms with E-state index in [1.807, 2.05) is 6.07 Å². The second-order valence-corrected chi connectivity index (χ2v) is 8.97. The summed E-state index contributed by atoms with van der Waals surface area (Å²) in [7, 11) is 0. The molecule has 2 aromatic heterocycles. The predicted molar refractivity (Wildman–Crippen MR) is 113 cm³/mol. The standard InChI is InChI=1S/C23H28F2N4O2/c1-22(21(26)31,19-8-6-16(12-27-19)5-4-15-2-3-15)29-11-10-23(24,25)18(14-29)17-7-9-20(30)28-13-17/h6-9,12-13,15,18H,2-5,10-11,14H2,1H3,(H2,26,31)(H,28,30)/t18-,22?/m1/s1. The van der Waals surface area contributed by atoms with Gasteiger partial charge in [-0.05, 0) is 42.9 Å². The van der Waals surface area contributed by atoms with Crippen LogP contribution >= 0.6 is 0 Å². The summed E-state index contributed by atoms with van der Waals surface area (Å²) >= 11 is 0. The Morgan fingerprint density at radius 3 is 2.68 bits per heavy atom. The molecule has 3 N–H and O–H groups in total. The lowest BCUT2D eigenvalue weighted by Crippen LogP contribution is -2.59. The van der Waals surface area contributed by atoms with Gasteiger partial charge in [-0.2, -0.15) is 0 Å². The molecule has 0 bridgehead atoms. The molecule has 1 amide bonds. The number of alkyl halides is 2. The number of hydrogen-bond donors (Lipinski definition) is 2. The Balaban J connectivity index is 1.59. The minimum absolute atomic E-state index is 0.0113. The van der Waals surface area contributed by atoms with Gasteiger partial charge in [0.15, 0.2) is 0 Å². The van der Waals surface area contributed by atoms with Gasteiger partial charge in [-0.3, -0.25) is 19.5 Å². The Morgan fingerprint density at radius 1 is 1.32 bits per heavy atom. The summed E-state index contributed by atoms with van der Waals surface area (Å²) in [6.45, 7) is 1.58. The van der Waals surface area contributed by atoms with E-state index in [0.29, 0.717) is 11.3 Å². The first kappa shape index (κ1) is 21.6. The van der Waals surface area contributed by atoms with Crippen molar-refractivity contribution in [2.45, 2.75) is 56.4 Å². The van der Waals surface area contributed by atoms with Crippen molar-refractivity contribution in [3.63, 3.8) is 0 Å². The topological polar surface area (TPSA) is 92.1 Å². The van der Waals surface area contributed by atoms with Crippen LogP contribution in [-0.2, 0) is 16.8 Å². The maximum atomic E-state index is 14.8. The van der Waals surface area contributed by atoms with Crippen molar-refractivity contribution in [2.75, 3.05) is 13.1 Å². The molecule has 1 aliphatic carbocycles. The summed E-state index contributed by atoms with van der Waals surface area (Å²) < 4.78 is 29.6. The molecular weight excluding hydrogens is 402 g/mol. The number of nitrogens with one attached hydrogen (secondary N) is 1. The predicted octanol–water partition coefficient (Wildman–Crippen LogP) is 2.94. The van der Waals surface area contributed by atoms with Crippen LogP contribution in [0.1, 0.15) is 55.3 Å². The Morgan fingerprint density at radius 2 is 2.10 bits per heavy atom. The highest BCUT2D eigenvalue weighted by molar-refractivity contribution is 5.85. The van der Waals surface area contributed by atoms with E-state index in [9.17, 15) is 18.4 Å². The zero-order chi connectivity index (χ0) is 22.2. The lowest BCUT2D eigenvalue weighted by Gasteiger charge is -2.46. The van der Waals surface area contributed by atoms with Crippen LogP contribution in [0.25, 0.3) is 0 Å². The molecular formula is C23H28F2N4O2. The van der Waals surface area contributed by atoms with Crippen LogP contribution in [0.5, 0.6) is 0 Å². The Bertz CT molecular complexity index is 983. The third-order valence-electron chi connectivity index (χ3n) is 6.81. The summed E-state index contributed by atoms with van der Waals surface area (Å²) in [5.41, 5.74) is 6.01. The second kappa shape index (κ2) is 8.15. The zero-order valence-electron chi connectivity index (χ0n) is 17.6.